The Labute approximate surface area is 119 Å². The van der Waals surface area contributed by atoms with E-state index in [-0.39, 0.29) is 5.56 Å². The van der Waals surface area contributed by atoms with E-state index in [9.17, 15) is 18.0 Å². The summed E-state index contributed by atoms with van der Waals surface area (Å²) < 4.78 is 39.8. The zero-order valence-corrected chi connectivity index (χ0v) is 11.1. The molecule has 7 heteroatoms. The van der Waals surface area contributed by atoms with E-state index in [0.29, 0.717) is 24.4 Å². The normalized spacial score (nSPS) is 10.3. The first-order valence-corrected chi connectivity index (χ1v) is 6.16. The lowest BCUT2D eigenvalue weighted by atomic mass is 10.2. The van der Waals surface area contributed by atoms with Gasteiger partial charge in [-0.05, 0) is 13.0 Å². The Bertz CT molecular complexity index is 653. The standard InChI is InChI=1S/C14H12F3N3O/c1-2-19-12-7-18-4-3-9(12)14(21)20-13-10(16)5-8(15)6-11(13)17/h3-7,19H,2H2,1H3,(H,20,21). The molecule has 0 radical (unpaired) electrons. The van der Waals surface area contributed by atoms with E-state index in [1.54, 1.807) is 0 Å². The van der Waals surface area contributed by atoms with Crippen molar-refractivity contribution in [3.8, 4) is 0 Å². The highest BCUT2D eigenvalue weighted by molar-refractivity contribution is 6.08. The summed E-state index contributed by atoms with van der Waals surface area (Å²) >= 11 is 0. The van der Waals surface area contributed by atoms with Crippen LogP contribution in [0.3, 0.4) is 0 Å². The molecule has 0 atom stereocenters. The SMILES string of the molecule is CCNc1cnccc1C(=O)Nc1c(F)cc(F)cc1F. The van der Waals surface area contributed by atoms with E-state index in [4.69, 9.17) is 0 Å². The van der Waals surface area contributed by atoms with Crippen LogP contribution in [-0.2, 0) is 0 Å². The summed E-state index contributed by atoms with van der Waals surface area (Å²) in [4.78, 5) is 16.0. The summed E-state index contributed by atoms with van der Waals surface area (Å²) in [6, 6.07) is 2.40. The van der Waals surface area contributed by atoms with Gasteiger partial charge in [0.05, 0.1) is 17.4 Å². The largest absolute Gasteiger partial charge is 0.383 e. The van der Waals surface area contributed by atoms with Gasteiger partial charge in [-0.15, -0.1) is 0 Å². The Balaban J connectivity index is 2.31. The van der Waals surface area contributed by atoms with Gasteiger partial charge in [-0.25, -0.2) is 13.2 Å². The number of amides is 1. The first-order chi connectivity index (χ1) is 10.0. The average Bonchev–Trinajstić information content (AvgIpc) is 2.43. The third-order valence-electron chi connectivity index (χ3n) is 2.68. The van der Waals surface area contributed by atoms with Crippen LogP contribution in [0.15, 0.2) is 30.6 Å². The van der Waals surface area contributed by atoms with Crippen molar-refractivity contribution in [1.82, 2.24) is 4.98 Å². The van der Waals surface area contributed by atoms with Gasteiger partial charge in [0, 0.05) is 24.9 Å². The number of aromatic nitrogens is 1. The summed E-state index contributed by atoms with van der Waals surface area (Å²) in [6.07, 6.45) is 2.81. The molecule has 1 heterocycles. The lowest BCUT2D eigenvalue weighted by molar-refractivity contribution is 0.102. The molecular formula is C14H12F3N3O. The fourth-order valence-corrected chi connectivity index (χ4v) is 1.77. The minimum Gasteiger partial charge on any atom is -0.383 e. The molecule has 2 N–H and O–H groups in total. The van der Waals surface area contributed by atoms with Gasteiger partial charge in [0.1, 0.15) is 11.5 Å². The molecule has 4 nitrogen and oxygen atoms in total. The second-order valence-corrected chi connectivity index (χ2v) is 4.15. The number of anilines is 2. The van der Waals surface area contributed by atoms with Gasteiger partial charge in [0.25, 0.3) is 5.91 Å². The van der Waals surface area contributed by atoms with Gasteiger partial charge in [-0.1, -0.05) is 0 Å². The van der Waals surface area contributed by atoms with Crippen molar-refractivity contribution in [1.29, 1.82) is 0 Å². The molecule has 1 aromatic heterocycles. The number of hydrogen-bond acceptors (Lipinski definition) is 3. The lowest BCUT2D eigenvalue weighted by Crippen LogP contribution is -2.17. The summed E-state index contributed by atoms with van der Waals surface area (Å²) in [5, 5.41) is 5.01. The van der Waals surface area contributed by atoms with Crippen molar-refractivity contribution in [3.63, 3.8) is 0 Å². The van der Waals surface area contributed by atoms with Crippen molar-refractivity contribution < 1.29 is 18.0 Å². The maximum absolute atomic E-state index is 13.5. The van der Waals surface area contributed by atoms with E-state index >= 15 is 0 Å². The zero-order valence-electron chi connectivity index (χ0n) is 11.1. The minimum absolute atomic E-state index is 0.176. The van der Waals surface area contributed by atoms with Crippen LogP contribution >= 0.6 is 0 Å². The molecule has 0 spiro atoms. The van der Waals surface area contributed by atoms with Crippen LogP contribution in [0.4, 0.5) is 24.5 Å². The summed E-state index contributed by atoms with van der Waals surface area (Å²) in [5.41, 5.74) is -0.0870. The van der Waals surface area contributed by atoms with Crippen LogP contribution < -0.4 is 10.6 Å². The molecule has 2 rings (SSSR count). The topological polar surface area (TPSA) is 54.0 Å². The van der Waals surface area contributed by atoms with Gasteiger partial charge in [-0.3, -0.25) is 9.78 Å². The highest BCUT2D eigenvalue weighted by Crippen LogP contribution is 2.22. The number of hydrogen-bond donors (Lipinski definition) is 2. The minimum atomic E-state index is -1.18. The average molecular weight is 295 g/mol. The number of carbonyl (C=O) groups excluding carboxylic acids is 1. The molecule has 0 saturated heterocycles. The maximum atomic E-state index is 13.5. The second-order valence-electron chi connectivity index (χ2n) is 4.15. The van der Waals surface area contributed by atoms with Crippen LogP contribution in [0.1, 0.15) is 17.3 Å². The molecule has 0 aliphatic heterocycles. The third kappa shape index (κ3) is 3.31. The molecule has 0 unspecified atom stereocenters. The summed E-state index contributed by atoms with van der Waals surface area (Å²) in [7, 11) is 0. The van der Waals surface area contributed by atoms with Crippen molar-refractivity contribution in [2.45, 2.75) is 6.92 Å². The molecule has 0 saturated carbocycles. The maximum Gasteiger partial charge on any atom is 0.258 e. The number of nitrogens with one attached hydrogen (secondary N) is 2. The van der Waals surface area contributed by atoms with E-state index in [1.807, 2.05) is 6.92 Å². The van der Waals surface area contributed by atoms with E-state index < -0.39 is 29.0 Å². The molecule has 21 heavy (non-hydrogen) atoms. The Morgan fingerprint density at radius 3 is 2.52 bits per heavy atom. The van der Waals surface area contributed by atoms with E-state index in [1.165, 1.54) is 18.5 Å². The number of pyridine rings is 1. The molecule has 2 aromatic rings. The van der Waals surface area contributed by atoms with Gasteiger partial charge in [0.15, 0.2) is 11.6 Å². The van der Waals surface area contributed by atoms with Gasteiger partial charge >= 0.3 is 0 Å². The summed E-state index contributed by atoms with van der Waals surface area (Å²) in [5.74, 6) is -4.14. The molecule has 0 aliphatic rings. The molecular weight excluding hydrogens is 283 g/mol. The van der Waals surface area contributed by atoms with Gasteiger partial charge in [0.2, 0.25) is 0 Å². The van der Waals surface area contributed by atoms with Crippen LogP contribution in [0.5, 0.6) is 0 Å². The Morgan fingerprint density at radius 1 is 1.24 bits per heavy atom. The van der Waals surface area contributed by atoms with Crippen LogP contribution in [0, 0.1) is 17.5 Å². The fraction of sp³-hybridized carbons (Fsp3) is 0.143. The zero-order chi connectivity index (χ0) is 15.4. The van der Waals surface area contributed by atoms with Crippen LogP contribution in [-0.4, -0.2) is 17.4 Å². The molecule has 0 aliphatic carbocycles. The first-order valence-electron chi connectivity index (χ1n) is 6.16. The fourth-order valence-electron chi connectivity index (χ4n) is 1.77. The molecule has 0 fully saturated rings. The Kier molecular flexibility index (Phi) is 4.42. The molecule has 1 aromatic carbocycles. The number of carbonyl (C=O) groups is 1. The molecule has 110 valence electrons. The molecule has 0 bridgehead atoms. The summed E-state index contributed by atoms with van der Waals surface area (Å²) in [6.45, 7) is 2.37. The number of rotatable bonds is 4. The van der Waals surface area contributed by atoms with E-state index in [0.717, 1.165) is 0 Å². The first kappa shape index (κ1) is 14.8. The van der Waals surface area contributed by atoms with Gasteiger partial charge < -0.3 is 10.6 Å². The van der Waals surface area contributed by atoms with Crippen LogP contribution in [0.25, 0.3) is 0 Å². The molecule has 1 amide bonds. The predicted molar refractivity (Wildman–Crippen MR) is 72.7 cm³/mol. The van der Waals surface area contributed by atoms with E-state index in [2.05, 4.69) is 15.6 Å². The number of benzene rings is 1. The quantitative estimate of drug-likeness (QED) is 0.911. The Hall–Kier alpha value is -2.57. The monoisotopic (exact) mass is 295 g/mol. The number of nitrogens with zero attached hydrogens (tertiary/aromatic N) is 1. The van der Waals surface area contributed by atoms with Gasteiger partial charge in [-0.2, -0.15) is 0 Å². The Morgan fingerprint density at radius 2 is 1.90 bits per heavy atom. The van der Waals surface area contributed by atoms with Crippen molar-refractivity contribution in [2.24, 2.45) is 0 Å². The van der Waals surface area contributed by atoms with Crippen molar-refractivity contribution in [3.05, 3.63) is 53.6 Å². The lowest BCUT2D eigenvalue weighted by Gasteiger charge is -2.11. The van der Waals surface area contributed by atoms with Crippen molar-refractivity contribution in [2.75, 3.05) is 17.2 Å². The highest BCUT2D eigenvalue weighted by Gasteiger charge is 2.17. The second kappa shape index (κ2) is 6.25. The highest BCUT2D eigenvalue weighted by atomic mass is 19.1. The van der Waals surface area contributed by atoms with Crippen LogP contribution in [0.2, 0.25) is 0 Å². The third-order valence-corrected chi connectivity index (χ3v) is 2.68. The number of halogens is 3. The smallest absolute Gasteiger partial charge is 0.258 e. The predicted octanol–water partition coefficient (Wildman–Crippen LogP) is 3.18. The van der Waals surface area contributed by atoms with Crippen molar-refractivity contribution >= 4 is 17.3 Å².